The molecule has 0 aromatic heterocycles. The molecule has 0 saturated carbocycles. The van der Waals surface area contributed by atoms with E-state index in [2.05, 4.69) is 0 Å². The molecule has 0 fully saturated rings. The third kappa shape index (κ3) is 183. The van der Waals surface area contributed by atoms with Gasteiger partial charge >= 0.3 is 243 Å². The Labute approximate surface area is 246 Å². The molecule has 0 rings (SSSR count). The van der Waals surface area contributed by atoms with E-state index in [4.69, 9.17) is 32.1 Å². The van der Waals surface area contributed by atoms with Crippen molar-refractivity contribution in [2.75, 3.05) is 0 Å². The van der Waals surface area contributed by atoms with Crippen molar-refractivity contribution in [3.05, 3.63) is 0 Å². The molecule has 0 saturated heterocycles. The van der Waals surface area contributed by atoms with Gasteiger partial charge in [-0.2, -0.15) is 0 Å². The molecule has 16 heteroatoms. The standard InChI is InChI=1S/2AsH3O4.3Ca.3Mg.6H/c2*2-1(3,4)5;;;;;;;;;;;;/h2*(H3,2,3,4,5);;;;;;;;;;;;/q;;6*+2;6*-1/p-6. The Kier molecular flexibility index (Phi) is 81.8. The fourth-order valence-electron chi connectivity index (χ4n) is 0. The van der Waals surface area contributed by atoms with E-state index in [0.29, 0.717) is 0 Å². The van der Waals surface area contributed by atoms with E-state index in [-0.39, 0.29) is 191 Å². The van der Waals surface area contributed by atoms with Gasteiger partial charge in [-0.25, -0.2) is 0 Å². The Balaban J connectivity index is -0.00000000314. The van der Waals surface area contributed by atoms with Gasteiger partial charge in [-0.1, -0.05) is 0 Å². The summed E-state index contributed by atoms with van der Waals surface area (Å²) in [5, 5.41) is 0. The van der Waals surface area contributed by atoms with Gasteiger partial charge in [0.1, 0.15) is 0 Å². The molecular formula is H6As2Ca3Mg3O8. The van der Waals surface area contributed by atoms with Crippen molar-refractivity contribution < 1.29 is 40.6 Å². The molecule has 0 bridgehead atoms. The zero-order valence-corrected chi connectivity index (χ0v) is 23.0. The van der Waals surface area contributed by atoms with Crippen molar-refractivity contribution in [3.8, 4) is 0 Å². The Morgan fingerprint density at radius 3 is 0.562 bits per heavy atom. The van der Waals surface area contributed by atoms with E-state index >= 15 is 0 Å². The second-order valence-corrected chi connectivity index (χ2v) is 4.65. The monoisotopic (exact) mass is 476 g/mol. The summed E-state index contributed by atoms with van der Waals surface area (Å²) in [6.07, 6.45) is 0. The van der Waals surface area contributed by atoms with Crippen LogP contribution in [0, 0.1) is 0 Å². The Hall–Kier alpha value is 6.55. The summed E-state index contributed by atoms with van der Waals surface area (Å²) in [6, 6.07) is 0. The van der Waals surface area contributed by atoms with E-state index in [0.717, 1.165) is 0 Å². The van der Waals surface area contributed by atoms with Crippen LogP contribution in [0.5, 0.6) is 0 Å². The molecule has 0 aliphatic rings. The van der Waals surface area contributed by atoms with Crippen molar-refractivity contribution >= 4 is 211 Å². The Bertz CT molecular complexity index is 159. The fraction of sp³-hybridized carbons (Fsp3) is 0. The van der Waals surface area contributed by atoms with E-state index in [1.807, 2.05) is 0 Å². The number of hydrogen-bond donors (Lipinski definition) is 0. The van der Waals surface area contributed by atoms with Crippen LogP contribution in [0.15, 0.2) is 0 Å². The van der Waals surface area contributed by atoms with Crippen LogP contribution >= 0.6 is 0 Å². The van der Waals surface area contributed by atoms with Gasteiger partial charge in [0.25, 0.3) is 0 Å². The summed E-state index contributed by atoms with van der Waals surface area (Å²) in [5.41, 5.74) is 0. The molecule has 0 aliphatic carbocycles. The molecule has 8 nitrogen and oxygen atoms in total. The third-order valence-corrected chi connectivity index (χ3v) is 0. The van der Waals surface area contributed by atoms with Crippen LogP contribution in [0.1, 0.15) is 8.56 Å². The summed E-state index contributed by atoms with van der Waals surface area (Å²) in [6.45, 7) is 0. The largest absolute Gasteiger partial charge is 2.00 e. The maximum Gasteiger partial charge on any atom is 2.00 e. The first-order valence-corrected chi connectivity index (χ1v) is 7.59. The molecule has 16 heavy (non-hydrogen) atoms. The van der Waals surface area contributed by atoms with E-state index in [9.17, 15) is 0 Å². The van der Waals surface area contributed by atoms with Crippen LogP contribution in [0.4, 0.5) is 0 Å². The van der Waals surface area contributed by atoms with Crippen LogP contribution < -0.4 is 24.6 Å². The van der Waals surface area contributed by atoms with Crippen LogP contribution in [-0.2, 0) is 7.48 Å². The Morgan fingerprint density at radius 2 is 0.562 bits per heavy atom. The minimum Gasteiger partial charge on any atom is -1.00 e. The quantitative estimate of drug-likeness (QED) is 0.310. The van der Waals surface area contributed by atoms with Crippen molar-refractivity contribution in [2.45, 2.75) is 0 Å². The molecule has 76 valence electrons. The van der Waals surface area contributed by atoms with Crippen molar-refractivity contribution in [2.24, 2.45) is 0 Å². The van der Waals surface area contributed by atoms with Gasteiger partial charge in [0.2, 0.25) is 0 Å². The van der Waals surface area contributed by atoms with Crippen LogP contribution in [0.2, 0.25) is 0 Å². The first-order chi connectivity index (χ1) is 4.00. The maximum absolute atomic E-state index is 8.61. The van der Waals surface area contributed by atoms with Gasteiger partial charge in [-0.15, -0.1) is 0 Å². The van der Waals surface area contributed by atoms with Gasteiger partial charge in [0.05, 0.1) is 0 Å². The predicted molar refractivity (Wildman–Crippen MR) is 54.1 cm³/mol. The molecule has 0 amide bonds. The molecule has 0 atom stereocenters. The molecule has 0 aromatic carbocycles. The molecule has 0 unspecified atom stereocenters. The maximum atomic E-state index is 8.61. The van der Waals surface area contributed by atoms with Crippen molar-refractivity contribution in [1.29, 1.82) is 0 Å². The van der Waals surface area contributed by atoms with Crippen LogP contribution in [0.3, 0.4) is 0 Å². The van der Waals surface area contributed by atoms with Gasteiger partial charge in [-0.05, 0) is 0 Å². The molecule has 0 aromatic rings. The molecule has 0 radical (unpaired) electrons. The Morgan fingerprint density at radius 1 is 0.562 bits per heavy atom. The molecule has 0 N–H and O–H groups in total. The zero-order chi connectivity index (χ0) is 9.00. The fourth-order valence-corrected chi connectivity index (χ4v) is 0. The van der Waals surface area contributed by atoms with E-state index in [1.165, 1.54) is 0 Å². The summed E-state index contributed by atoms with van der Waals surface area (Å²) >= 11 is -11.8. The van der Waals surface area contributed by atoms with Gasteiger partial charge in [0, 0.05) is 0 Å². The van der Waals surface area contributed by atoms with Gasteiger partial charge < -0.3 is 8.56 Å². The van der Waals surface area contributed by atoms with Crippen LogP contribution in [-0.4, -0.2) is 211 Å². The number of rotatable bonds is 0. The van der Waals surface area contributed by atoms with Crippen molar-refractivity contribution in [1.82, 2.24) is 0 Å². The second-order valence-electron chi connectivity index (χ2n) is 0.894. The predicted octanol–water partition coefficient (Wildman–Crippen LogP) is -9.74. The summed E-state index contributed by atoms with van der Waals surface area (Å²) in [4.78, 5) is 0. The summed E-state index contributed by atoms with van der Waals surface area (Å²) in [5.74, 6) is 0. The molecule has 0 spiro atoms. The molecule has 0 heterocycles. The first-order valence-electron chi connectivity index (χ1n) is 1.46. The summed E-state index contributed by atoms with van der Waals surface area (Å²) in [7, 11) is 0. The average molecular weight is 477 g/mol. The summed E-state index contributed by atoms with van der Waals surface area (Å²) < 4.78 is 68.9. The minimum absolute atomic E-state index is 0. The smallest absolute Gasteiger partial charge is 1.00 e. The average Bonchev–Trinajstić information content (AvgIpc) is 1.12. The van der Waals surface area contributed by atoms with Crippen molar-refractivity contribution in [3.63, 3.8) is 0 Å². The zero-order valence-electron chi connectivity index (χ0n) is 14.4. The SMILES string of the molecule is O=[As]([O-])([O-])[O-].O=[As]([O-])([O-])[O-].[Ca+2].[Ca+2].[Ca+2].[H-].[H-].[H-].[H-].[H-].[H-].[Mg+2].[Mg+2].[Mg+2]. The molecular weight excluding hydrogens is 471 g/mol. The molecule has 0 aliphatic heterocycles. The second kappa shape index (κ2) is 26.5. The third-order valence-electron chi connectivity index (χ3n) is 0. The minimum atomic E-state index is -5.88. The number of hydrogen-bond acceptors (Lipinski definition) is 8. The van der Waals surface area contributed by atoms with Crippen LogP contribution in [0.25, 0.3) is 0 Å². The topological polar surface area (TPSA) is 172 Å². The first kappa shape index (κ1) is 49.5. The van der Waals surface area contributed by atoms with Gasteiger partial charge in [0.15, 0.2) is 0 Å². The van der Waals surface area contributed by atoms with E-state index in [1.54, 1.807) is 0 Å². The normalized spacial score (nSPS) is 7.38. The van der Waals surface area contributed by atoms with Gasteiger partial charge in [-0.3, -0.25) is 0 Å². The van der Waals surface area contributed by atoms with E-state index < -0.39 is 29.0 Å².